The van der Waals surface area contributed by atoms with E-state index in [0.717, 1.165) is 15.7 Å². The van der Waals surface area contributed by atoms with Crippen LogP contribution in [0.3, 0.4) is 0 Å². The van der Waals surface area contributed by atoms with Crippen molar-refractivity contribution in [2.24, 2.45) is 0 Å². The Morgan fingerprint density at radius 1 is 1.42 bits per heavy atom. The summed E-state index contributed by atoms with van der Waals surface area (Å²) in [4.78, 5) is 4.03. The number of aromatic nitrogens is 1. The maximum atomic E-state index is 9.49. The van der Waals surface area contributed by atoms with Gasteiger partial charge in [-0.2, -0.15) is 0 Å². The van der Waals surface area contributed by atoms with Gasteiger partial charge in [0.05, 0.1) is 12.8 Å². The number of nitrogens with zero attached hydrogens (tertiary/aromatic N) is 1. The molecular formula is C8H10BrNO2. The Morgan fingerprint density at radius 2 is 2.00 bits per heavy atom. The predicted octanol–water partition coefficient (Wildman–Crippen LogP) is 2.18. The van der Waals surface area contributed by atoms with Gasteiger partial charge in [-0.25, -0.2) is 4.98 Å². The van der Waals surface area contributed by atoms with Crippen LogP contribution in [0.5, 0.6) is 11.6 Å². The fourth-order valence-electron chi connectivity index (χ4n) is 0.932. The minimum Gasteiger partial charge on any atom is -0.503 e. The normalized spacial score (nSPS) is 10.0. The van der Waals surface area contributed by atoms with Gasteiger partial charge in [0.15, 0.2) is 5.75 Å². The molecule has 0 radical (unpaired) electrons. The van der Waals surface area contributed by atoms with Gasteiger partial charge >= 0.3 is 0 Å². The smallest absolute Gasteiger partial charge is 0.257 e. The molecule has 0 atom stereocenters. The minimum atomic E-state index is 0.0926. The van der Waals surface area contributed by atoms with Gasteiger partial charge in [0.1, 0.15) is 0 Å². The monoisotopic (exact) mass is 231 g/mol. The lowest BCUT2D eigenvalue weighted by Crippen LogP contribution is -1.94. The van der Waals surface area contributed by atoms with Crippen LogP contribution < -0.4 is 4.74 Å². The van der Waals surface area contributed by atoms with Crippen molar-refractivity contribution in [3.05, 3.63) is 15.7 Å². The zero-order chi connectivity index (χ0) is 9.30. The van der Waals surface area contributed by atoms with Crippen LogP contribution in [-0.4, -0.2) is 17.2 Å². The average molecular weight is 232 g/mol. The summed E-state index contributed by atoms with van der Waals surface area (Å²) in [5.74, 6) is 0.364. The molecule has 1 aromatic heterocycles. The largest absolute Gasteiger partial charge is 0.503 e. The first-order valence-corrected chi connectivity index (χ1v) is 4.27. The van der Waals surface area contributed by atoms with Crippen molar-refractivity contribution in [2.45, 2.75) is 13.8 Å². The molecule has 66 valence electrons. The molecule has 0 aliphatic heterocycles. The number of rotatable bonds is 1. The third-order valence-corrected chi connectivity index (χ3v) is 2.84. The first kappa shape index (κ1) is 9.32. The quantitative estimate of drug-likeness (QED) is 0.806. The summed E-state index contributed by atoms with van der Waals surface area (Å²) in [5.41, 5.74) is 1.56. The van der Waals surface area contributed by atoms with Gasteiger partial charge in [-0.1, -0.05) is 0 Å². The molecule has 0 aliphatic rings. The topological polar surface area (TPSA) is 42.4 Å². The molecule has 1 rings (SSSR count). The van der Waals surface area contributed by atoms with Crippen molar-refractivity contribution in [3.63, 3.8) is 0 Å². The van der Waals surface area contributed by atoms with Crippen LogP contribution in [0.4, 0.5) is 0 Å². The van der Waals surface area contributed by atoms with Crippen LogP contribution in [0.2, 0.25) is 0 Å². The maximum Gasteiger partial charge on any atom is 0.257 e. The van der Waals surface area contributed by atoms with E-state index in [1.165, 1.54) is 7.11 Å². The molecule has 0 spiro atoms. The van der Waals surface area contributed by atoms with E-state index in [2.05, 4.69) is 20.9 Å². The lowest BCUT2D eigenvalue weighted by atomic mass is 10.2. The van der Waals surface area contributed by atoms with Crippen molar-refractivity contribution in [2.75, 3.05) is 7.11 Å². The van der Waals surface area contributed by atoms with Crippen LogP contribution in [0.25, 0.3) is 0 Å². The lowest BCUT2D eigenvalue weighted by molar-refractivity contribution is 0.355. The maximum absolute atomic E-state index is 9.49. The van der Waals surface area contributed by atoms with Crippen molar-refractivity contribution in [1.82, 2.24) is 4.98 Å². The molecule has 0 bridgehead atoms. The second kappa shape index (κ2) is 3.31. The Bertz CT molecular complexity index is 312. The van der Waals surface area contributed by atoms with Gasteiger partial charge in [0.2, 0.25) is 0 Å². The molecule has 1 heterocycles. The fourth-order valence-corrected chi connectivity index (χ4v) is 1.21. The second-order valence-corrected chi connectivity index (χ2v) is 3.29. The van der Waals surface area contributed by atoms with E-state index in [1.807, 2.05) is 6.92 Å². The van der Waals surface area contributed by atoms with E-state index >= 15 is 0 Å². The second-order valence-electron chi connectivity index (χ2n) is 2.49. The van der Waals surface area contributed by atoms with Gasteiger partial charge in [-0.3, -0.25) is 0 Å². The number of hydrogen-bond donors (Lipinski definition) is 1. The Hall–Kier alpha value is -0.770. The van der Waals surface area contributed by atoms with E-state index in [4.69, 9.17) is 4.74 Å². The highest BCUT2D eigenvalue weighted by atomic mass is 79.9. The first-order valence-electron chi connectivity index (χ1n) is 3.47. The van der Waals surface area contributed by atoms with Crippen LogP contribution >= 0.6 is 15.9 Å². The molecule has 12 heavy (non-hydrogen) atoms. The van der Waals surface area contributed by atoms with Gasteiger partial charge in [0.25, 0.3) is 5.88 Å². The van der Waals surface area contributed by atoms with Crippen molar-refractivity contribution in [1.29, 1.82) is 0 Å². The zero-order valence-electron chi connectivity index (χ0n) is 7.18. The van der Waals surface area contributed by atoms with Crippen LogP contribution in [0.15, 0.2) is 4.47 Å². The number of pyridine rings is 1. The van der Waals surface area contributed by atoms with Crippen LogP contribution in [0.1, 0.15) is 11.3 Å². The lowest BCUT2D eigenvalue weighted by Gasteiger charge is -2.08. The Labute approximate surface area is 79.5 Å². The highest BCUT2D eigenvalue weighted by molar-refractivity contribution is 9.10. The van der Waals surface area contributed by atoms with Gasteiger partial charge < -0.3 is 9.84 Å². The van der Waals surface area contributed by atoms with E-state index in [9.17, 15) is 5.11 Å². The number of aromatic hydroxyl groups is 1. The van der Waals surface area contributed by atoms with Crippen molar-refractivity contribution >= 4 is 15.9 Å². The Morgan fingerprint density at radius 3 is 2.50 bits per heavy atom. The number of hydrogen-bond acceptors (Lipinski definition) is 3. The molecule has 0 aromatic carbocycles. The first-order chi connectivity index (χ1) is 5.57. The summed E-state index contributed by atoms with van der Waals surface area (Å²) in [7, 11) is 1.48. The highest BCUT2D eigenvalue weighted by Crippen LogP contribution is 2.33. The molecule has 0 saturated carbocycles. The minimum absolute atomic E-state index is 0.0926. The highest BCUT2D eigenvalue weighted by Gasteiger charge is 2.11. The Balaban J connectivity index is 3.39. The molecule has 0 fully saturated rings. The molecule has 0 aliphatic carbocycles. The SMILES string of the molecule is COc1nc(C)c(Br)c(C)c1O. The number of methoxy groups -OCH3 is 1. The third kappa shape index (κ3) is 1.39. The number of halogens is 1. The van der Waals surface area contributed by atoms with Gasteiger partial charge in [0, 0.05) is 10.0 Å². The summed E-state index contributed by atoms with van der Waals surface area (Å²) in [5, 5.41) is 9.49. The fraction of sp³-hybridized carbons (Fsp3) is 0.375. The molecular weight excluding hydrogens is 222 g/mol. The van der Waals surface area contributed by atoms with E-state index in [0.29, 0.717) is 0 Å². The summed E-state index contributed by atoms with van der Waals surface area (Å²) >= 11 is 3.32. The number of aryl methyl sites for hydroxylation is 1. The van der Waals surface area contributed by atoms with E-state index < -0.39 is 0 Å². The summed E-state index contributed by atoms with van der Waals surface area (Å²) < 4.78 is 5.70. The van der Waals surface area contributed by atoms with E-state index in [-0.39, 0.29) is 11.6 Å². The standard InChI is InChI=1S/C8H10BrNO2/c1-4-6(9)5(2)10-8(12-3)7(4)11/h11H,1-3H3. The number of ether oxygens (including phenoxy) is 1. The molecule has 1 N–H and O–H groups in total. The molecule has 1 aromatic rings. The molecule has 0 saturated heterocycles. The zero-order valence-corrected chi connectivity index (χ0v) is 8.77. The average Bonchev–Trinajstić information content (AvgIpc) is 2.08. The predicted molar refractivity (Wildman–Crippen MR) is 49.6 cm³/mol. The molecule has 0 unspecified atom stereocenters. The third-order valence-electron chi connectivity index (χ3n) is 1.67. The van der Waals surface area contributed by atoms with Gasteiger partial charge in [-0.05, 0) is 29.8 Å². The van der Waals surface area contributed by atoms with E-state index in [1.54, 1.807) is 6.92 Å². The Kier molecular flexibility index (Phi) is 2.57. The van der Waals surface area contributed by atoms with Crippen molar-refractivity contribution < 1.29 is 9.84 Å². The van der Waals surface area contributed by atoms with Crippen LogP contribution in [0, 0.1) is 13.8 Å². The molecule has 0 amide bonds. The molecule has 3 nitrogen and oxygen atoms in total. The van der Waals surface area contributed by atoms with Crippen molar-refractivity contribution in [3.8, 4) is 11.6 Å². The van der Waals surface area contributed by atoms with Gasteiger partial charge in [-0.15, -0.1) is 0 Å². The van der Waals surface area contributed by atoms with Crippen LogP contribution in [-0.2, 0) is 0 Å². The summed E-state index contributed by atoms with van der Waals surface area (Å²) in [6.45, 7) is 3.65. The summed E-state index contributed by atoms with van der Waals surface area (Å²) in [6.07, 6.45) is 0. The molecule has 4 heteroatoms. The summed E-state index contributed by atoms with van der Waals surface area (Å²) in [6, 6.07) is 0.